The normalized spacial score (nSPS) is 10.8. The lowest BCUT2D eigenvalue weighted by atomic mass is 10.1. The number of likely N-dealkylation sites (N-methyl/N-ethyl adjacent to an activating group) is 2. The second kappa shape index (κ2) is 10.8. The summed E-state index contributed by atoms with van der Waals surface area (Å²) < 4.78 is 5.44. The maximum Gasteiger partial charge on any atom is 0.238 e. The molecule has 0 heterocycles. The third-order valence-corrected chi connectivity index (χ3v) is 4.84. The Morgan fingerprint density at radius 2 is 1.57 bits per heavy atom. The van der Waals surface area contributed by atoms with Gasteiger partial charge in [-0.2, -0.15) is 0 Å². The van der Waals surface area contributed by atoms with E-state index in [0.29, 0.717) is 13.2 Å². The van der Waals surface area contributed by atoms with Crippen LogP contribution in [0.5, 0.6) is 5.75 Å². The van der Waals surface area contributed by atoms with E-state index in [2.05, 4.69) is 5.32 Å². The number of ether oxygens (including phenoxy) is 1. The summed E-state index contributed by atoms with van der Waals surface area (Å²) >= 11 is 0. The molecule has 0 spiro atoms. The van der Waals surface area contributed by atoms with Crippen LogP contribution >= 0.6 is 0 Å². The quantitative estimate of drug-likeness (QED) is 0.686. The van der Waals surface area contributed by atoms with Crippen molar-refractivity contribution in [2.45, 2.75) is 34.2 Å². The predicted molar refractivity (Wildman–Crippen MR) is 121 cm³/mol. The number of carbonyl (C=O) groups excluding carboxylic acids is 2. The van der Waals surface area contributed by atoms with Crippen LogP contribution < -0.4 is 10.1 Å². The zero-order chi connectivity index (χ0) is 22.3. The standard InChI is InChI=1S/C24H33N3O3/c1-7-30-21-10-8-20(9-11-21)14-27(6)23(29)16-26(5)15-22(28)25-24-18(3)12-17(2)13-19(24)4/h8-13H,7,14-16H2,1-6H3,(H,25,28). The van der Waals surface area contributed by atoms with Crippen molar-refractivity contribution in [1.82, 2.24) is 9.80 Å². The van der Waals surface area contributed by atoms with Crippen LogP contribution in [-0.2, 0) is 16.1 Å². The van der Waals surface area contributed by atoms with Crippen LogP contribution in [-0.4, -0.2) is 55.4 Å². The van der Waals surface area contributed by atoms with Gasteiger partial charge < -0.3 is 15.0 Å². The van der Waals surface area contributed by atoms with Crippen molar-refractivity contribution in [2.75, 3.05) is 39.1 Å². The first kappa shape index (κ1) is 23.4. The molecular formula is C24H33N3O3. The van der Waals surface area contributed by atoms with Crippen LogP contribution in [0.1, 0.15) is 29.2 Å². The zero-order valence-corrected chi connectivity index (χ0v) is 18.9. The molecule has 2 aromatic carbocycles. The van der Waals surface area contributed by atoms with E-state index in [0.717, 1.165) is 28.1 Å². The monoisotopic (exact) mass is 411 g/mol. The highest BCUT2D eigenvalue weighted by Crippen LogP contribution is 2.21. The third kappa shape index (κ3) is 6.88. The molecule has 0 bridgehead atoms. The fourth-order valence-electron chi connectivity index (χ4n) is 3.43. The van der Waals surface area contributed by atoms with Crippen molar-refractivity contribution < 1.29 is 14.3 Å². The number of benzene rings is 2. The van der Waals surface area contributed by atoms with Gasteiger partial charge in [-0.05, 0) is 63.6 Å². The lowest BCUT2D eigenvalue weighted by Gasteiger charge is -2.22. The van der Waals surface area contributed by atoms with Crippen LogP contribution in [0.15, 0.2) is 36.4 Å². The molecule has 0 aromatic heterocycles. The lowest BCUT2D eigenvalue weighted by Crippen LogP contribution is -2.39. The van der Waals surface area contributed by atoms with E-state index in [1.807, 2.05) is 64.1 Å². The fourth-order valence-corrected chi connectivity index (χ4v) is 3.43. The van der Waals surface area contributed by atoms with Crippen LogP contribution in [0, 0.1) is 20.8 Å². The number of carbonyl (C=O) groups is 2. The highest BCUT2D eigenvalue weighted by Gasteiger charge is 2.16. The number of hydrogen-bond acceptors (Lipinski definition) is 4. The van der Waals surface area contributed by atoms with Crippen LogP contribution in [0.3, 0.4) is 0 Å². The molecular weight excluding hydrogens is 378 g/mol. The first-order valence-corrected chi connectivity index (χ1v) is 10.2. The van der Waals surface area contributed by atoms with Gasteiger partial charge >= 0.3 is 0 Å². The average molecular weight is 412 g/mol. The molecule has 0 fully saturated rings. The lowest BCUT2D eigenvalue weighted by molar-refractivity contribution is -0.131. The SMILES string of the molecule is CCOc1ccc(CN(C)C(=O)CN(C)CC(=O)Nc2c(C)cc(C)cc2C)cc1. The van der Waals surface area contributed by atoms with Gasteiger partial charge in [-0.1, -0.05) is 29.8 Å². The minimum atomic E-state index is -0.130. The van der Waals surface area contributed by atoms with Crippen molar-refractivity contribution in [2.24, 2.45) is 0 Å². The van der Waals surface area contributed by atoms with Gasteiger partial charge in [-0.15, -0.1) is 0 Å². The van der Waals surface area contributed by atoms with Crippen molar-refractivity contribution in [3.05, 3.63) is 58.7 Å². The van der Waals surface area contributed by atoms with Gasteiger partial charge in [0, 0.05) is 19.3 Å². The van der Waals surface area contributed by atoms with E-state index < -0.39 is 0 Å². The van der Waals surface area contributed by atoms with Crippen LogP contribution in [0.2, 0.25) is 0 Å². The van der Waals surface area contributed by atoms with E-state index in [1.165, 1.54) is 5.56 Å². The molecule has 2 aromatic rings. The van der Waals surface area contributed by atoms with E-state index in [1.54, 1.807) is 23.9 Å². The molecule has 0 radical (unpaired) electrons. The Kier molecular flexibility index (Phi) is 8.42. The Hall–Kier alpha value is -2.86. The van der Waals surface area contributed by atoms with Crippen molar-refractivity contribution >= 4 is 17.5 Å². The summed E-state index contributed by atoms with van der Waals surface area (Å²) in [5.74, 6) is 0.649. The van der Waals surface area contributed by atoms with Gasteiger partial charge in [-0.3, -0.25) is 14.5 Å². The second-order valence-corrected chi connectivity index (χ2v) is 7.82. The zero-order valence-electron chi connectivity index (χ0n) is 18.9. The smallest absolute Gasteiger partial charge is 0.238 e. The number of amides is 2. The minimum Gasteiger partial charge on any atom is -0.494 e. The van der Waals surface area contributed by atoms with E-state index >= 15 is 0 Å². The highest BCUT2D eigenvalue weighted by atomic mass is 16.5. The molecule has 0 aliphatic carbocycles. The summed E-state index contributed by atoms with van der Waals surface area (Å²) in [6, 6.07) is 11.8. The molecule has 2 rings (SSSR count). The molecule has 30 heavy (non-hydrogen) atoms. The Morgan fingerprint density at radius 3 is 2.13 bits per heavy atom. The molecule has 0 saturated heterocycles. The van der Waals surface area contributed by atoms with Gasteiger partial charge in [0.1, 0.15) is 5.75 Å². The summed E-state index contributed by atoms with van der Waals surface area (Å²) in [7, 11) is 3.54. The maximum atomic E-state index is 12.5. The molecule has 0 saturated carbocycles. The number of anilines is 1. The molecule has 0 atom stereocenters. The maximum absolute atomic E-state index is 12.5. The van der Waals surface area contributed by atoms with Gasteiger partial charge in [0.05, 0.1) is 19.7 Å². The molecule has 0 aliphatic heterocycles. The first-order chi connectivity index (χ1) is 14.2. The summed E-state index contributed by atoms with van der Waals surface area (Å²) in [5, 5.41) is 2.98. The molecule has 6 heteroatoms. The van der Waals surface area contributed by atoms with Gasteiger partial charge in [0.25, 0.3) is 0 Å². The Bertz CT molecular complexity index is 855. The Morgan fingerprint density at radius 1 is 0.967 bits per heavy atom. The molecule has 162 valence electrons. The van der Waals surface area contributed by atoms with Crippen molar-refractivity contribution in [3.8, 4) is 5.75 Å². The number of nitrogens with zero attached hydrogens (tertiary/aromatic N) is 2. The summed E-state index contributed by atoms with van der Waals surface area (Å²) in [4.78, 5) is 28.4. The summed E-state index contributed by atoms with van der Waals surface area (Å²) in [5.41, 5.74) is 5.11. The topological polar surface area (TPSA) is 61.9 Å². The molecule has 6 nitrogen and oxygen atoms in total. The number of aryl methyl sites for hydroxylation is 3. The van der Waals surface area contributed by atoms with Crippen LogP contribution in [0.25, 0.3) is 0 Å². The molecule has 0 unspecified atom stereocenters. The van der Waals surface area contributed by atoms with Crippen molar-refractivity contribution in [1.29, 1.82) is 0 Å². The third-order valence-electron chi connectivity index (χ3n) is 4.84. The van der Waals surface area contributed by atoms with Gasteiger partial charge in [0.15, 0.2) is 0 Å². The molecule has 1 N–H and O–H groups in total. The number of rotatable bonds is 9. The average Bonchev–Trinajstić information content (AvgIpc) is 2.66. The predicted octanol–water partition coefficient (Wildman–Crippen LogP) is 3.54. The van der Waals surface area contributed by atoms with E-state index in [-0.39, 0.29) is 24.9 Å². The van der Waals surface area contributed by atoms with Gasteiger partial charge in [0.2, 0.25) is 11.8 Å². The summed E-state index contributed by atoms with van der Waals surface area (Å²) in [6.07, 6.45) is 0. The van der Waals surface area contributed by atoms with Crippen molar-refractivity contribution in [3.63, 3.8) is 0 Å². The van der Waals surface area contributed by atoms with Crippen LogP contribution in [0.4, 0.5) is 5.69 Å². The second-order valence-electron chi connectivity index (χ2n) is 7.82. The van der Waals surface area contributed by atoms with E-state index in [9.17, 15) is 9.59 Å². The number of hydrogen-bond donors (Lipinski definition) is 1. The molecule has 0 aliphatic rings. The van der Waals surface area contributed by atoms with E-state index in [4.69, 9.17) is 4.74 Å². The Balaban J connectivity index is 1.85. The largest absolute Gasteiger partial charge is 0.494 e. The Labute approximate surface area is 179 Å². The first-order valence-electron chi connectivity index (χ1n) is 10.2. The molecule has 2 amide bonds. The number of nitrogens with one attached hydrogen (secondary N) is 1. The fraction of sp³-hybridized carbons (Fsp3) is 0.417. The highest BCUT2D eigenvalue weighted by molar-refractivity contribution is 5.94. The summed E-state index contributed by atoms with van der Waals surface area (Å²) in [6.45, 7) is 9.41. The van der Waals surface area contributed by atoms with Gasteiger partial charge in [-0.25, -0.2) is 0 Å². The minimum absolute atomic E-state index is 0.0399.